The lowest BCUT2D eigenvalue weighted by atomic mass is 10.2. The van der Waals surface area contributed by atoms with Gasteiger partial charge in [-0.2, -0.15) is 0 Å². The van der Waals surface area contributed by atoms with Crippen molar-refractivity contribution in [3.8, 4) is 11.5 Å². The molecule has 6 nitrogen and oxygen atoms in total. The summed E-state index contributed by atoms with van der Waals surface area (Å²) < 4.78 is 11.3. The number of benzene rings is 1. The van der Waals surface area contributed by atoms with Crippen molar-refractivity contribution >= 4 is 46.3 Å². The summed E-state index contributed by atoms with van der Waals surface area (Å²) in [7, 11) is 0. The third-order valence-electron chi connectivity index (χ3n) is 3.03. The monoisotopic (exact) mass is 367 g/mol. The molecule has 0 aromatic heterocycles. The highest BCUT2D eigenvalue weighted by atomic mass is 32.2. The maximum Gasteiger partial charge on any atom is 0.323 e. The van der Waals surface area contributed by atoms with E-state index >= 15 is 0 Å². The van der Waals surface area contributed by atoms with Gasteiger partial charge in [-0.15, -0.1) is 0 Å². The number of carboxylic acid groups (broad SMARTS) is 1. The van der Waals surface area contributed by atoms with E-state index in [0.29, 0.717) is 29.6 Å². The van der Waals surface area contributed by atoms with Gasteiger partial charge in [-0.1, -0.05) is 30.0 Å². The van der Waals surface area contributed by atoms with Gasteiger partial charge in [0.05, 0.1) is 18.1 Å². The van der Waals surface area contributed by atoms with Crippen LogP contribution in [-0.2, 0) is 9.59 Å². The minimum Gasteiger partial charge on any atom is -0.490 e. The molecule has 0 unspecified atom stereocenters. The maximum atomic E-state index is 12.3. The molecule has 1 saturated heterocycles. The Hall–Kier alpha value is -2.06. The third kappa shape index (κ3) is 4.27. The number of hydrogen-bond acceptors (Lipinski definition) is 6. The number of rotatable bonds is 7. The summed E-state index contributed by atoms with van der Waals surface area (Å²) in [5.41, 5.74) is 0.748. The normalized spacial score (nSPS) is 15.9. The summed E-state index contributed by atoms with van der Waals surface area (Å²) in [5.74, 6) is -0.282. The van der Waals surface area contributed by atoms with Crippen molar-refractivity contribution < 1.29 is 24.2 Å². The van der Waals surface area contributed by atoms with E-state index in [2.05, 4.69) is 0 Å². The van der Waals surface area contributed by atoms with Gasteiger partial charge in [0.25, 0.3) is 5.91 Å². The zero-order chi connectivity index (χ0) is 17.7. The third-order valence-corrected chi connectivity index (χ3v) is 4.41. The first-order valence-corrected chi connectivity index (χ1v) is 8.55. The van der Waals surface area contributed by atoms with Crippen molar-refractivity contribution in [2.45, 2.75) is 13.8 Å². The van der Waals surface area contributed by atoms with Crippen molar-refractivity contribution in [1.82, 2.24) is 4.90 Å². The van der Waals surface area contributed by atoms with Gasteiger partial charge in [-0.05, 0) is 37.6 Å². The summed E-state index contributed by atoms with van der Waals surface area (Å²) in [4.78, 5) is 24.5. The highest BCUT2D eigenvalue weighted by Gasteiger charge is 2.33. The Morgan fingerprint density at radius 2 is 1.96 bits per heavy atom. The van der Waals surface area contributed by atoms with Gasteiger partial charge in [-0.25, -0.2) is 0 Å². The highest BCUT2D eigenvalue weighted by molar-refractivity contribution is 8.26. The number of hydrogen-bond donors (Lipinski definition) is 1. The Morgan fingerprint density at radius 3 is 2.58 bits per heavy atom. The molecule has 0 aliphatic carbocycles. The molecule has 1 aliphatic rings. The number of amides is 1. The molecular weight excluding hydrogens is 350 g/mol. The van der Waals surface area contributed by atoms with Crippen LogP contribution < -0.4 is 9.47 Å². The highest BCUT2D eigenvalue weighted by Crippen LogP contribution is 2.34. The Balaban J connectivity index is 2.27. The second kappa shape index (κ2) is 8.16. The molecule has 0 bridgehead atoms. The number of nitrogens with zero attached hydrogens (tertiary/aromatic N) is 1. The SMILES string of the molecule is CCOc1ccc(C=C2SC(=S)N(CC(=O)O)C2=O)cc1OCC. The molecule has 8 heteroatoms. The number of thiocarbonyl (C=S) groups is 1. The largest absolute Gasteiger partial charge is 0.490 e. The zero-order valence-electron chi connectivity index (χ0n) is 13.3. The number of carboxylic acids is 1. The summed E-state index contributed by atoms with van der Waals surface area (Å²) >= 11 is 6.16. The van der Waals surface area contributed by atoms with Gasteiger partial charge < -0.3 is 14.6 Å². The quantitative estimate of drug-likeness (QED) is 0.586. The van der Waals surface area contributed by atoms with Crippen LogP contribution in [0.25, 0.3) is 6.08 Å². The van der Waals surface area contributed by atoms with Crippen LogP contribution >= 0.6 is 24.0 Å². The standard InChI is InChI=1S/C16H17NO5S2/c1-3-21-11-6-5-10(7-12(11)22-4-2)8-13-15(20)17(9-14(18)19)16(23)24-13/h5-8H,3-4,9H2,1-2H3,(H,18,19). The Kier molecular flexibility index (Phi) is 6.22. The van der Waals surface area contributed by atoms with Crippen LogP contribution in [-0.4, -0.2) is 46.0 Å². The smallest absolute Gasteiger partial charge is 0.323 e. The topological polar surface area (TPSA) is 76.1 Å². The number of carbonyl (C=O) groups excluding carboxylic acids is 1. The molecular formula is C16H17NO5S2. The van der Waals surface area contributed by atoms with E-state index in [1.54, 1.807) is 24.3 Å². The van der Waals surface area contributed by atoms with Gasteiger partial charge in [0.1, 0.15) is 10.9 Å². The van der Waals surface area contributed by atoms with Crippen LogP contribution in [0, 0.1) is 0 Å². The fourth-order valence-corrected chi connectivity index (χ4v) is 3.34. The molecule has 1 aromatic carbocycles. The average molecular weight is 367 g/mol. The van der Waals surface area contributed by atoms with Crippen molar-refractivity contribution in [2.24, 2.45) is 0 Å². The molecule has 1 fully saturated rings. The van der Waals surface area contributed by atoms with Crippen molar-refractivity contribution in [3.05, 3.63) is 28.7 Å². The van der Waals surface area contributed by atoms with Gasteiger partial charge in [0, 0.05) is 0 Å². The number of thioether (sulfide) groups is 1. The summed E-state index contributed by atoms with van der Waals surface area (Å²) in [6, 6.07) is 5.35. The summed E-state index contributed by atoms with van der Waals surface area (Å²) in [5, 5.41) is 8.85. The van der Waals surface area contributed by atoms with E-state index in [1.165, 1.54) is 0 Å². The molecule has 1 aliphatic heterocycles. The summed E-state index contributed by atoms with van der Waals surface area (Å²) in [6.07, 6.45) is 1.67. The molecule has 0 radical (unpaired) electrons. The van der Waals surface area contributed by atoms with Gasteiger partial charge in [0.2, 0.25) is 0 Å². The fourth-order valence-electron chi connectivity index (χ4n) is 2.08. The molecule has 1 aromatic rings. The Morgan fingerprint density at radius 1 is 1.29 bits per heavy atom. The minimum atomic E-state index is -1.10. The van der Waals surface area contributed by atoms with E-state index < -0.39 is 18.4 Å². The molecule has 24 heavy (non-hydrogen) atoms. The van der Waals surface area contributed by atoms with Crippen LogP contribution in [0.3, 0.4) is 0 Å². The van der Waals surface area contributed by atoms with Gasteiger partial charge in [-0.3, -0.25) is 14.5 Å². The first-order valence-electron chi connectivity index (χ1n) is 7.33. The lowest BCUT2D eigenvalue weighted by molar-refractivity contribution is -0.140. The Bertz CT molecular complexity index is 702. The lowest BCUT2D eigenvalue weighted by Gasteiger charge is -2.11. The molecule has 2 rings (SSSR count). The van der Waals surface area contributed by atoms with E-state index in [-0.39, 0.29) is 4.32 Å². The van der Waals surface area contributed by atoms with Crippen LogP contribution in [0.15, 0.2) is 23.1 Å². The fraction of sp³-hybridized carbons (Fsp3) is 0.312. The van der Waals surface area contributed by atoms with Gasteiger partial charge >= 0.3 is 5.97 Å². The molecule has 1 amide bonds. The first kappa shape index (κ1) is 18.3. The molecule has 0 spiro atoms. The van der Waals surface area contributed by atoms with Crippen molar-refractivity contribution in [3.63, 3.8) is 0 Å². The number of carbonyl (C=O) groups is 2. The van der Waals surface area contributed by atoms with E-state index in [4.69, 9.17) is 26.8 Å². The first-order chi connectivity index (χ1) is 11.5. The molecule has 0 saturated carbocycles. The predicted molar refractivity (Wildman–Crippen MR) is 96.3 cm³/mol. The minimum absolute atomic E-state index is 0.240. The maximum absolute atomic E-state index is 12.3. The number of aliphatic carboxylic acids is 1. The van der Waals surface area contributed by atoms with Crippen LogP contribution in [0.4, 0.5) is 0 Å². The molecule has 1 N–H and O–H groups in total. The predicted octanol–water partition coefficient (Wildman–Crippen LogP) is 2.77. The zero-order valence-corrected chi connectivity index (χ0v) is 14.9. The van der Waals surface area contributed by atoms with Crippen LogP contribution in [0.1, 0.15) is 19.4 Å². The summed E-state index contributed by atoms with van der Waals surface area (Å²) in [6.45, 7) is 4.34. The van der Waals surface area contributed by atoms with E-state index in [0.717, 1.165) is 22.2 Å². The molecule has 128 valence electrons. The van der Waals surface area contributed by atoms with Crippen molar-refractivity contribution in [2.75, 3.05) is 19.8 Å². The number of ether oxygens (including phenoxy) is 2. The average Bonchev–Trinajstić information content (AvgIpc) is 2.77. The van der Waals surface area contributed by atoms with E-state index in [9.17, 15) is 9.59 Å². The molecule has 0 atom stereocenters. The lowest BCUT2D eigenvalue weighted by Crippen LogP contribution is -2.33. The van der Waals surface area contributed by atoms with Gasteiger partial charge in [0.15, 0.2) is 11.5 Å². The molecule has 1 heterocycles. The van der Waals surface area contributed by atoms with Crippen LogP contribution in [0.2, 0.25) is 0 Å². The van der Waals surface area contributed by atoms with Crippen molar-refractivity contribution in [1.29, 1.82) is 0 Å². The second-order valence-electron chi connectivity index (χ2n) is 4.73. The Labute approximate surface area is 149 Å². The van der Waals surface area contributed by atoms with E-state index in [1.807, 2.05) is 13.8 Å². The van der Waals surface area contributed by atoms with Crippen LogP contribution in [0.5, 0.6) is 11.5 Å². The second-order valence-corrected chi connectivity index (χ2v) is 6.41.